The number of amides is 1. The van der Waals surface area contributed by atoms with Crippen LogP contribution in [0.1, 0.15) is 31.0 Å². The van der Waals surface area contributed by atoms with Crippen LogP contribution in [0.25, 0.3) is 0 Å². The molecule has 2 atom stereocenters. The van der Waals surface area contributed by atoms with E-state index in [1.165, 1.54) is 30.7 Å². The Labute approximate surface area is 144 Å². The van der Waals surface area contributed by atoms with Crippen LogP contribution in [-0.2, 0) is 17.8 Å². The highest BCUT2D eigenvalue weighted by Crippen LogP contribution is 2.29. The molecule has 6 nitrogen and oxygen atoms in total. The number of thiazole rings is 1. The summed E-state index contributed by atoms with van der Waals surface area (Å²) in [7, 11) is 0. The third-order valence-corrected chi connectivity index (χ3v) is 5.03. The molecule has 0 bridgehead atoms. The maximum Gasteiger partial charge on any atom is 0.223 e. The van der Waals surface area contributed by atoms with E-state index in [1.807, 2.05) is 6.20 Å². The molecule has 8 heteroatoms. The molecule has 1 fully saturated rings. The monoisotopic (exact) mass is 349 g/mol. The lowest BCUT2D eigenvalue weighted by Gasteiger charge is -2.19. The van der Waals surface area contributed by atoms with Gasteiger partial charge in [-0.05, 0) is 19.3 Å². The maximum absolute atomic E-state index is 12.9. The normalized spacial score (nSPS) is 21.1. The molecule has 1 saturated heterocycles. The topological polar surface area (TPSA) is 71.0 Å². The first-order valence-corrected chi connectivity index (χ1v) is 8.74. The van der Waals surface area contributed by atoms with E-state index in [2.05, 4.69) is 32.1 Å². The minimum Gasteiger partial charge on any atom is -0.302 e. The highest BCUT2D eigenvalue weighted by atomic mass is 32.1. The van der Waals surface area contributed by atoms with Gasteiger partial charge in [-0.1, -0.05) is 0 Å². The molecule has 0 aliphatic carbocycles. The number of hydrogen-bond acceptors (Lipinski definition) is 6. The van der Waals surface area contributed by atoms with E-state index in [-0.39, 0.29) is 5.91 Å². The van der Waals surface area contributed by atoms with Crippen LogP contribution in [0, 0.1) is 11.7 Å². The van der Waals surface area contributed by atoms with Gasteiger partial charge in [0, 0.05) is 43.5 Å². The first-order valence-electron chi connectivity index (χ1n) is 7.92. The van der Waals surface area contributed by atoms with Crippen LogP contribution in [0.2, 0.25) is 0 Å². The highest BCUT2D eigenvalue weighted by molar-refractivity contribution is 7.15. The summed E-state index contributed by atoms with van der Waals surface area (Å²) >= 11 is 1.51. The number of carbonyl (C=O) groups is 1. The molecule has 24 heavy (non-hydrogen) atoms. The molecule has 1 aliphatic heterocycles. The second kappa shape index (κ2) is 7.31. The van der Waals surface area contributed by atoms with Gasteiger partial charge in [0.05, 0.1) is 12.4 Å². The van der Waals surface area contributed by atoms with Crippen LogP contribution in [0.3, 0.4) is 0 Å². The van der Waals surface area contributed by atoms with Gasteiger partial charge in [-0.2, -0.15) is 0 Å². The fourth-order valence-corrected chi connectivity index (χ4v) is 3.96. The Morgan fingerprint density at radius 3 is 2.83 bits per heavy atom. The lowest BCUT2D eigenvalue weighted by Crippen LogP contribution is -2.26. The van der Waals surface area contributed by atoms with E-state index in [0.717, 1.165) is 30.8 Å². The zero-order chi connectivity index (χ0) is 17.1. The Morgan fingerprint density at radius 2 is 2.12 bits per heavy atom. The van der Waals surface area contributed by atoms with Gasteiger partial charge in [0.2, 0.25) is 5.91 Å². The lowest BCUT2D eigenvalue weighted by molar-refractivity contribution is -0.114. The molecule has 128 valence electrons. The first kappa shape index (κ1) is 16.9. The van der Waals surface area contributed by atoms with Gasteiger partial charge in [-0.25, -0.2) is 19.3 Å². The second-order valence-electron chi connectivity index (χ2n) is 6.21. The average Bonchev–Trinajstić information content (AvgIpc) is 3.08. The summed E-state index contributed by atoms with van der Waals surface area (Å²) in [4.78, 5) is 26.9. The molecule has 1 aliphatic rings. The van der Waals surface area contributed by atoms with Crippen molar-refractivity contribution >= 4 is 22.4 Å². The predicted molar refractivity (Wildman–Crippen MR) is 90.1 cm³/mol. The summed E-state index contributed by atoms with van der Waals surface area (Å²) in [6.45, 7) is 5.46. The molecular formula is C16H20FN5OS. The Kier molecular flexibility index (Phi) is 5.15. The Hall–Kier alpha value is -1.93. The number of halogens is 1. The van der Waals surface area contributed by atoms with E-state index >= 15 is 0 Å². The molecule has 2 aromatic rings. The number of likely N-dealkylation sites (tertiary alicyclic amines) is 1. The Balaban J connectivity index is 1.56. The predicted octanol–water partition coefficient (Wildman–Crippen LogP) is 2.48. The maximum atomic E-state index is 12.9. The van der Waals surface area contributed by atoms with Crippen molar-refractivity contribution in [3.63, 3.8) is 0 Å². The van der Waals surface area contributed by atoms with E-state index in [0.29, 0.717) is 22.9 Å². The zero-order valence-electron chi connectivity index (χ0n) is 13.7. The molecule has 0 saturated carbocycles. The van der Waals surface area contributed by atoms with Crippen molar-refractivity contribution in [1.82, 2.24) is 19.9 Å². The van der Waals surface area contributed by atoms with Crippen LogP contribution in [-0.4, -0.2) is 38.3 Å². The molecule has 0 aromatic carbocycles. The third-order valence-electron chi connectivity index (χ3n) is 4.13. The first-order chi connectivity index (χ1) is 11.5. The van der Waals surface area contributed by atoms with Crippen molar-refractivity contribution in [2.24, 2.45) is 5.92 Å². The van der Waals surface area contributed by atoms with Crippen molar-refractivity contribution in [2.75, 3.05) is 11.9 Å². The second-order valence-corrected chi connectivity index (χ2v) is 7.33. The van der Waals surface area contributed by atoms with Gasteiger partial charge in [0.25, 0.3) is 0 Å². The third kappa shape index (κ3) is 4.33. The molecule has 3 heterocycles. The number of nitrogens with one attached hydrogen (secondary N) is 1. The van der Waals surface area contributed by atoms with E-state index < -0.39 is 5.82 Å². The summed E-state index contributed by atoms with van der Waals surface area (Å²) in [6.07, 6.45) is 6.09. The molecule has 0 spiro atoms. The summed E-state index contributed by atoms with van der Waals surface area (Å²) in [6, 6.07) is 0.460. The number of carbonyl (C=O) groups excluding carboxylic acids is 1. The number of hydrogen-bond donors (Lipinski definition) is 1. The minimum atomic E-state index is -0.402. The van der Waals surface area contributed by atoms with Gasteiger partial charge in [0.15, 0.2) is 10.9 Å². The fraction of sp³-hybridized carbons (Fsp3) is 0.500. The Bertz CT molecular complexity index is 705. The van der Waals surface area contributed by atoms with Gasteiger partial charge in [-0.3, -0.25) is 9.69 Å². The molecule has 1 amide bonds. The number of anilines is 1. The van der Waals surface area contributed by atoms with E-state index in [4.69, 9.17) is 0 Å². The van der Waals surface area contributed by atoms with Crippen molar-refractivity contribution < 1.29 is 9.18 Å². The van der Waals surface area contributed by atoms with Gasteiger partial charge in [-0.15, -0.1) is 11.3 Å². The largest absolute Gasteiger partial charge is 0.302 e. The molecule has 0 radical (unpaired) electrons. The highest BCUT2D eigenvalue weighted by Gasteiger charge is 2.30. The molecule has 0 unspecified atom stereocenters. The molecule has 1 N–H and O–H groups in total. The van der Waals surface area contributed by atoms with E-state index in [9.17, 15) is 9.18 Å². The van der Waals surface area contributed by atoms with Crippen molar-refractivity contribution in [3.05, 3.63) is 35.1 Å². The summed E-state index contributed by atoms with van der Waals surface area (Å²) in [5.41, 5.74) is 0. The summed E-state index contributed by atoms with van der Waals surface area (Å²) in [5.74, 6) is 0.652. The van der Waals surface area contributed by atoms with Gasteiger partial charge >= 0.3 is 0 Å². The fourth-order valence-electron chi connectivity index (χ4n) is 3.08. The van der Waals surface area contributed by atoms with Gasteiger partial charge < -0.3 is 5.32 Å². The van der Waals surface area contributed by atoms with Gasteiger partial charge in [0.1, 0.15) is 5.82 Å². The Morgan fingerprint density at radius 1 is 1.38 bits per heavy atom. The van der Waals surface area contributed by atoms with Crippen LogP contribution in [0.15, 0.2) is 18.6 Å². The number of nitrogens with zero attached hydrogens (tertiary/aromatic N) is 4. The summed E-state index contributed by atoms with van der Waals surface area (Å²) in [5, 5.41) is 3.35. The standard InChI is InChI=1S/C16H20FN5OS/c1-10-3-12(4-15-18-5-13(17)6-19-15)8-22(10)9-14-7-20-16(24-14)21-11(2)23/h5-7,10,12H,3-4,8-9H2,1-2H3,(H,20,21,23)/t10-,12-/m1/s1. The van der Waals surface area contributed by atoms with Crippen LogP contribution < -0.4 is 5.32 Å². The number of rotatable bonds is 5. The molecular weight excluding hydrogens is 329 g/mol. The minimum absolute atomic E-state index is 0.107. The quantitative estimate of drug-likeness (QED) is 0.898. The summed E-state index contributed by atoms with van der Waals surface area (Å²) < 4.78 is 12.9. The van der Waals surface area contributed by atoms with Crippen molar-refractivity contribution in [2.45, 2.75) is 39.3 Å². The smallest absolute Gasteiger partial charge is 0.223 e. The van der Waals surface area contributed by atoms with Crippen LogP contribution in [0.5, 0.6) is 0 Å². The van der Waals surface area contributed by atoms with Crippen LogP contribution >= 0.6 is 11.3 Å². The lowest BCUT2D eigenvalue weighted by atomic mass is 10.0. The average molecular weight is 349 g/mol. The zero-order valence-corrected chi connectivity index (χ0v) is 14.5. The van der Waals surface area contributed by atoms with E-state index in [1.54, 1.807) is 0 Å². The SMILES string of the molecule is CC(=O)Nc1ncc(CN2C[C@@H](Cc3ncc(F)cn3)C[C@H]2C)s1. The van der Waals surface area contributed by atoms with Crippen LogP contribution in [0.4, 0.5) is 9.52 Å². The van der Waals surface area contributed by atoms with Crippen molar-refractivity contribution in [3.8, 4) is 0 Å². The molecule has 3 rings (SSSR count). The van der Waals surface area contributed by atoms with Crippen molar-refractivity contribution in [1.29, 1.82) is 0 Å². The molecule has 2 aromatic heterocycles. The number of aromatic nitrogens is 3.